The molecule has 1 aliphatic rings. The van der Waals surface area contributed by atoms with Crippen LogP contribution in [0.25, 0.3) is 0 Å². The molecule has 0 saturated carbocycles. The van der Waals surface area contributed by atoms with Crippen LogP contribution in [0.1, 0.15) is 5.56 Å². The van der Waals surface area contributed by atoms with E-state index in [0.29, 0.717) is 43.2 Å². The first-order valence-corrected chi connectivity index (χ1v) is 10.3. The number of hydrogen-bond acceptors (Lipinski definition) is 6. The first-order valence-electron chi connectivity index (χ1n) is 10.3. The molecule has 1 fully saturated rings. The fourth-order valence-electron chi connectivity index (χ4n) is 3.51. The van der Waals surface area contributed by atoms with Gasteiger partial charge in [-0.15, -0.1) is 0 Å². The first kappa shape index (κ1) is 21.1. The van der Waals surface area contributed by atoms with Gasteiger partial charge in [-0.3, -0.25) is 4.79 Å². The number of para-hydroxylation sites is 2. The van der Waals surface area contributed by atoms with E-state index in [-0.39, 0.29) is 24.1 Å². The van der Waals surface area contributed by atoms with Crippen molar-refractivity contribution in [1.29, 1.82) is 5.26 Å². The Morgan fingerprint density at radius 3 is 2.56 bits per heavy atom. The van der Waals surface area contributed by atoms with Crippen LogP contribution in [0.2, 0.25) is 0 Å². The van der Waals surface area contributed by atoms with Gasteiger partial charge in [0, 0.05) is 38.1 Å². The Bertz CT molecular complexity index is 1120. The molecule has 4 rings (SSSR count). The molecule has 8 heteroatoms. The number of amides is 1. The molecule has 0 radical (unpaired) electrons. The summed E-state index contributed by atoms with van der Waals surface area (Å²) < 4.78 is 19.0. The van der Waals surface area contributed by atoms with Crippen LogP contribution in [0.15, 0.2) is 66.9 Å². The molecule has 2 aromatic carbocycles. The maximum Gasteiger partial charge on any atom is 0.241 e. The van der Waals surface area contributed by atoms with Gasteiger partial charge in [0.2, 0.25) is 11.8 Å². The van der Waals surface area contributed by atoms with Gasteiger partial charge in [-0.05, 0) is 48.5 Å². The Balaban J connectivity index is 1.34. The summed E-state index contributed by atoms with van der Waals surface area (Å²) in [6, 6.07) is 19.0. The van der Waals surface area contributed by atoms with E-state index >= 15 is 0 Å². The van der Waals surface area contributed by atoms with Gasteiger partial charge < -0.3 is 19.9 Å². The van der Waals surface area contributed by atoms with E-state index in [4.69, 9.17) is 4.74 Å². The van der Waals surface area contributed by atoms with Crippen molar-refractivity contribution in [2.24, 2.45) is 0 Å². The number of pyridine rings is 1. The molecule has 162 valence electrons. The second-order valence-electron chi connectivity index (χ2n) is 7.26. The second kappa shape index (κ2) is 9.79. The monoisotopic (exact) mass is 431 g/mol. The van der Waals surface area contributed by atoms with Crippen LogP contribution in [0.4, 0.5) is 15.8 Å². The molecular formula is C24H22FN5O2. The zero-order valence-electron chi connectivity index (χ0n) is 17.4. The summed E-state index contributed by atoms with van der Waals surface area (Å²) in [5, 5.41) is 12.4. The summed E-state index contributed by atoms with van der Waals surface area (Å²) in [5.74, 6) is 0.419. The molecule has 3 aromatic rings. The van der Waals surface area contributed by atoms with Crippen molar-refractivity contribution in [3.63, 3.8) is 0 Å². The van der Waals surface area contributed by atoms with Crippen LogP contribution in [0.5, 0.6) is 11.6 Å². The third kappa shape index (κ3) is 4.95. The van der Waals surface area contributed by atoms with E-state index in [1.165, 1.54) is 12.1 Å². The minimum Gasteiger partial charge on any atom is -0.436 e. The molecule has 1 N–H and O–H groups in total. The number of aromatic nitrogens is 1. The highest BCUT2D eigenvalue weighted by molar-refractivity contribution is 5.81. The Kier molecular flexibility index (Phi) is 6.46. The number of rotatable bonds is 6. The van der Waals surface area contributed by atoms with Gasteiger partial charge in [-0.2, -0.15) is 5.26 Å². The fourth-order valence-corrected chi connectivity index (χ4v) is 3.51. The highest BCUT2D eigenvalue weighted by Crippen LogP contribution is 2.29. The quantitative estimate of drug-likeness (QED) is 0.642. The molecule has 1 saturated heterocycles. The largest absolute Gasteiger partial charge is 0.436 e. The zero-order valence-corrected chi connectivity index (χ0v) is 17.4. The normalized spacial score (nSPS) is 13.4. The molecule has 0 spiro atoms. The highest BCUT2D eigenvalue weighted by atomic mass is 19.1. The number of ether oxygens (including phenoxy) is 1. The van der Waals surface area contributed by atoms with Crippen molar-refractivity contribution < 1.29 is 13.9 Å². The smallest absolute Gasteiger partial charge is 0.241 e. The highest BCUT2D eigenvalue weighted by Gasteiger charge is 2.21. The summed E-state index contributed by atoms with van der Waals surface area (Å²) in [6.07, 6.45) is 1.56. The Morgan fingerprint density at radius 2 is 1.81 bits per heavy atom. The number of hydrogen-bond donors (Lipinski definition) is 1. The number of nitrogens with one attached hydrogen (secondary N) is 1. The van der Waals surface area contributed by atoms with Crippen LogP contribution < -0.4 is 15.0 Å². The van der Waals surface area contributed by atoms with E-state index < -0.39 is 0 Å². The van der Waals surface area contributed by atoms with Crippen molar-refractivity contribution in [3.8, 4) is 17.7 Å². The molecule has 2 heterocycles. The number of nitriles is 1. The Hall–Kier alpha value is -4.12. The maximum atomic E-state index is 13.1. The molecule has 32 heavy (non-hydrogen) atoms. The van der Waals surface area contributed by atoms with Crippen molar-refractivity contribution in [3.05, 3.63) is 78.2 Å². The van der Waals surface area contributed by atoms with Gasteiger partial charge in [-0.1, -0.05) is 12.1 Å². The molecule has 0 aliphatic carbocycles. The number of piperazine rings is 1. The van der Waals surface area contributed by atoms with Crippen molar-refractivity contribution >= 4 is 17.3 Å². The van der Waals surface area contributed by atoms with E-state index in [1.807, 2.05) is 23.1 Å². The van der Waals surface area contributed by atoms with E-state index in [9.17, 15) is 14.4 Å². The van der Waals surface area contributed by atoms with Gasteiger partial charge in [-0.25, -0.2) is 9.37 Å². The summed E-state index contributed by atoms with van der Waals surface area (Å²) >= 11 is 0. The van der Waals surface area contributed by atoms with Crippen molar-refractivity contribution in [2.75, 3.05) is 42.9 Å². The number of nitrogens with zero attached hydrogens (tertiary/aromatic N) is 4. The minimum absolute atomic E-state index is 0.0193. The minimum atomic E-state index is -0.259. The second-order valence-corrected chi connectivity index (χ2v) is 7.26. The SMILES string of the molecule is N#Cc1cccnc1Oc1ccccc1NCC(=O)N1CCN(c2ccc(F)cc2)CC1. The summed E-state index contributed by atoms with van der Waals surface area (Å²) in [7, 11) is 0. The average Bonchev–Trinajstić information content (AvgIpc) is 2.84. The lowest BCUT2D eigenvalue weighted by molar-refractivity contribution is -0.129. The van der Waals surface area contributed by atoms with E-state index in [1.54, 1.807) is 36.5 Å². The van der Waals surface area contributed by atoms with Gasteiger partial charge in [0.15, 0.2) is 5.75 Å². The van der Waals surface area contributed by atoms with Gasteiger partial charge in [0.05, 0.1) is 12.2 Å². The van der Waals surface area contributed by atoms with Crippen LogP contribution in [-0.4, -0.2) is 48.5 Å². The zero-order chi connectivity index (χ0) is 22.3. The predicted octanol–water partition coefficient (Wildman–Crippen LogP) is 3.65. The molecule has 1 aromatic heterocycles. The van der Waals surface area contributed by atoms with Crippen molar-refractivity contribution in [1.82, 2.24) is 9.88 Å². The molecule has 1 amide bonds. The third-order valence-electron chi connectivity index (χ3n) is 5.24. The fraction of sp³-hybridized carbons (Fsp3) is 0.208. The summed E-state index contributed by atoms with van der Waals surface area (Å²) in [4.78, 5) is 20.8. The maximum absolute atomic E-state index is 13.1. The third-order valence-corrected chi connectivity index (χ3v) is 5.24. The van der Waals surface area contributed by atoms with Crippen LogP contribution in [0, 0.1) is 17.1 Å². The number of anilines is 2. The number of benzene rings is 2. The molecule has 0 atom stereocenters. The number of carbonyl (C=O) groups is 1. The first-order chi connectivity index (χ1) is 15.6. The van der Waals surface area contributed by atoms with Crippen LogP contribution in [0.3, 0.4) is 0 Å². The standard InChI is InChI=1S/C24H22FN5O2/c25-19-7-9-20(10-8-19)29-12-14-30(15-13-29)23(31)17-28-21-5-1-2-6-22(21)32-24-18(16-26)4-3-11-27-24/h1-11,28H,12-15,17H2. The molecular weight excluding hydrogens is 409 g/mol. The summed E-state index contributed by atoms with van der Waals surface area (Å²) in [5.41, 5.74) is 1.92. The molecule has 1 aliphatic heterocycles. The lowest BCUT2D eigenvalue weighted by Gasteiger charge is -2.36. The number of carbonyl (C=O) groups excluding carboxylic acids is 1. The molecule has 0 bridgehead atoms. The Morgan fingerprint density at radius 1 is 1.06 bits per heavy atom. The lowest BCUT2D eigenvalue weighted by atomic mass is 10.2. The number of halogens is 1. The van der Waals surface area contributed by atoms with Crippen molar-refractivity contribution in [2.45, 2.75) is 0 Å². The van der Waals surface area contributed by atoms with Gasteiger partial charge in [0.25, 0.3) is 0 Å². The lowest BCUT2D eigenvalue weighted by Crippen LogP contribution is -2.50. The predicted molar refractivity (Wildman–Crippen MR) is 119 cm³/mol. The molecule has 0 unspecified atom stereocenters. The van der Waals surface area contributed by atoms with Gasteiger partial charge >= 0.3 is 0 Å². The van der Waals surface area contributed by atoms with Gasteiger partial charge in [0.1, 0.15) is 17.4 Å². The van der Waals surface area contributed by atoms with Crippen LogP contribution in [-0.2, 0) is 4.79 Å². The molecule has 7 nitrogen and oxygen atoms in total. The average molecular weight is 431 g/mol. The topological polar surface area (TPSA) is 81.5 Å². The Labute approximate surface area is 185 Å². The summed E-state index contributed by atoms with van der Waals surface area (Å²) in [6.45, 7) is 2.68. The van der Waals surface area contributed by atoms with Crippen LogP contribution >= 0.6 is 0 Å². The van der Waals surface area contributed by atoms with E-state index in [0.717, 1.165) is 5.69 Å². The van der Waals surface area contributed by atoms with E-state index in [2.05, 4.69) is 21.3 Å².